The van der Waals surface area contributed by atoms with Gasteiger partial charge in [-0.3, -0.25) is 4.79 Å². The van der Waals surface area contributed by atoms with E-state index in [1.165, 1.54) is 16.7 Å². The Morgan fingerprint density at radius 2 is 1.76 bits per heavy atom. The van der Waals surface area contributed by atoms with Gasteiger partial charge in [0, 0.05) is 32.6 Å². The molecule has 1 heterocycles. The highest BCUT2D eigenvalue weighted by Gasteiger charge is 2.19. The first-order valence-corrected chi connectivity index (χ1v) is 10.7. The second kappa shape index (κ2) is 11.2. The Kier molecular flexibility index (Phi) is 8.11. The molecule has 0 unspecified atom stereocenters. The van der Waals surface area contributed by atoms with Crippen LogP contribution in [0.25, 0.3) is 0 Å². The molecule has 2 aromatic carbocycles. The minimum atomic E-state index is 0.271. The van der Waals surface area contributed by atoms with Crippen molar-refractivity contribution in [3.8, 4) is 0 Å². The molecule has 154 valence electrons. The van der Waals surface area contributed by atoms with Crippen LogP contribution >= 0.6 is 0 Å². The van der Waals surface area contributed by atoms with Crippen molar-refractivity contribution in [1.82, 2.24) is 15.5 Å². The first-order chi connectivity index (χ1) is 14.2. The van der Waals surface area contributed by atoms with Gasteiger partial charge in [-0.25, -0.2) is 4.99 Å². The summed E-state index contributed by atoms with van der Waals surface area (Å²) in [5, 5.41) is 6.73. The average Bonchev–Trinajstić information content (AvgIpc) is 3.15. The third-order valence-electron chi connectivity index (χ3n) is 5.11. The lowest BCUT2D eigenvalue weighted by molar-refractivity contribution is -0.128. The molecule has 0 aliphatic carbocycles. The van der Waals surface area contributed by atoms with Gasteiger partial charge < -0.3 is 15.5 Å². The number of nitrogens with one attached hydrogen (secondary N) is 2. The number of benzene rings is 2. The maximum Gasteiger partial charge on any atom is 0.222 e. The molecule has 0 atom stereocenters. The van der Waals surface area contributed by atoms with Crippen LogP contribution in [0.3, 0.4) is 0 Å². The van der Waals surface area contributed by atoms with Gasteiger partial charge in [0.15, 0.2) is 5.96 Å². The number of carbonyl (C=O) groups is 1. The zero-order valence-corrected chi connectivity index (χ0v) is 17.4. The Labute approximate surface area is 174 Å². The van der Waals surface area contributed by atoms with Crippen molar-refractivity contribution in [3.63, 3.8) is 0 Å². The fourth-order valence-corrected chi connectivity index (χ4v) is 3.50. The van der Waals surface area contributed by atoms with E-state index in [1.54, 1.807) is 0 Å². The van der Waals surface area contributed by atoms with E-state index in [1.807, 2.05) is 4.90 Å². The molecule has 5 nitrogen and oxygen atoms in total. The number of nitrogens with zero attached hydrogens (tertiary/aromatic N) is 2. The fraction of sp³-hybridized carbons (Fsp3) is 0.417. The molecule has 1 amide bonds. The number of hydrogen-bond acceptors (Lipinski definition) is 2. The van der Waals surface area contributed by atoms with E-state index >= 15 is 0 Å². The molecule has 1 aliphatic rings. The second-order valence-corrected chi connectivity index (χ2v) is 7.45. The van der Waals surface area contributed by atoms with E-state index in [0.717, 1.165) is 44.9 Å². The molecule has 2 aromatic rings. The van der Waals surface area contributed by atoms with Crippen LogP contribution in [0.4, 0.5) is 0 Å². The van der Waals surface area contributed by atoms with E-state index in [9.17, 15) is 4.79 Å². The Hall–Kier alpha value is -2.82. The van der Waals surface area contributed by atoms with Crippen LogP contribution in [-0.4, -0.2) is 36.4 Å². The number of carbonyl (C=O) groups excluding carboxylic acids is 1. The number of aryl methyl sites for hydroxylation is 1. The predicted molar refractivity (Wildman–Crippen MR) is 119 cm³/mol. The number of aliphatic imine (C=N–C) groups is 1. The quantitative estimate of drug-likeness (QED) is 0.390. The zero-order valence-electron chi connectivity index (χ0n) is 17.4. The van der Waals surface area contributed by atoms with Crippen molar-refractivity contribution in [1.29, 1.82) is 0 Å². The summed E-state index contributed by atoms with van der Waals surface area (Å²) in [5.74, 6) is 1.12. The van der Waals surface area contributed by atoms with Crippen molar-refractivity contribution in [2.24, 2.45) is 4.99 Å². The largest absolute Gasteiger partial charge is 0.357 e. The molecule has 0 aromatic heterocycles. The highest BCUT2D eigenvalue weighted by molar-refractivity contribution is 5.79. The average molecular weight is 393 g/mol. The molecule has 0 bridgehead atoms. The Morgan fingerprint density at radius 1 is 1.00 bits per heavy atom. The molecule has 29 heavy (non-hydrogen) atoms. The van der Waals surface area contributed by atoms with Crippen LogP contribution in [0, 0.1) is 0 Å². The molecule has 5 heteroatoms. The van der Waals surface area contributed by atoms with E-state index < -0.39 is 0 Å². The van der Waals surface area contributed by atoms with Gasteiger partial charge in [0.1, 0.15) is 0 Å². The van der Waals surface area contributed by atoms with Gasteiger partial charge in [-0.15, -0.1) is 0 Å². The third-order valence-corrected chi connectivity index (χ3v) is 5.11. The first-order valence-electron chi connectivity index (χ1n) is 10.7. The molecule has 0 saturated carbocycles. The van der Waals surface area contributed by atoms with E-state index in [-0.39, 0.29) is 5.91 Å². The summed E-state index contributed by atoms with van der Waals surface area (Å²) < 4.78 is 0. The van der Waals surface area contributed by atoms with Crippen molar-refractivity contribution < 1.29 is 4.79 Å². The van der Waals surface area contributed by atoms with Crippen LogP contribution < -0.4 is 10.6 Å². The van der Waals surface area contributed by atoms with Crippen molar-refractivity contribution in [2.45, 2.75) is 45.7 Å². The van der Waals surface area contributed by atoms with Gasteiger partial charge in [0.05, 0.1) is 6.54 Å². The molecule has 1 saturated heterocycles. The zero-order chi connectivity index (χ0) is 20.3. The lowest BCUT2D eigenvalue weighted by Crippen LogP contribution is -2.37. The topological polar surface area (TPSA) is 56.7 Å². The minimum absolute atomic E-state index is 0.271. The fourth-order valence-electron chi connectivity index (χ4n) is 3.50. The minimum Gasteiger partial charge on any atom is -0.357 e. The monoisotopic (exact) mass is 392 g/mol. The third kappa shape index (κ3) is 6.93. The van der Waals surface area contributed by atoms with Gasteiger partial charge in [0.2, 0.25) is 5.91 Å². The summed E-state index contributed by atoms with van der Waals surface area (Å²) in [7, 11) is 0. The molecule has 0 spiro atoms. The van der Waals surface area contributed by atoms with Gasteiger partial charge in [-0.1, -0.05) is 54.6 Å². The molecule has 1 fully saturated rings. The number of guanidine groups is 1. The van der Waals surface area contributed by atoms with Crippen molar-refractivity contribution in [3.05, 3.63) is 71.3 Å². The van der Waals surface area contributed by atoms with Crippen LogP contribution in [0.2, 0.25) is 0 Å². The SMILES string of the molecule is CCNC(=NCc1ccc(CN2CCCC2=O)cc1)NCCCc1ccccc1. The maximum atomic E-state index is 11.8. The normalized spacial score (nSPS) is 14.3. The maximum absolute atomic E-state index is 11.8. The lowest BCUT2D eigenvalue weighted by Gasteiger charge is -2.15. The van der Waals surface area contributed by atoms with Crippen LogP contribution in [0.15, 0.2) is 59.6 Å². The molecule has 3 rings (SSSR count). The van der Waals surface area contributed by atoms with Gasteiger partial charge in [0.25, 0.3) is 0 Å². The van der Waals surface area contributed by atoms with E-state index in [0.29, 0.717) is 19.5 Å². The highest BCUT2D eigenvalue weighted by atomic mass is 16.2. The Morgan fingerprint density at radius 3 is 2.45 bits per heavy atom. The smallest absolute Gasteiger partial charge is 0.222 e. The molecule has 0 radical (unpaired) electrons. The van der Waals surface area contributed by atoms with E-state index in [4.69, 9.17) is 4.99 Å². The van der Waals surface area contributed by atoms with Gasteiger partial charge in [-0.05, 0) is 42.9 Å². The molecule has 1 aliphatic heterocycles. The highest BCUT2D eigenvalue weighted by Crippen LogP contribution is 2.15. The number of likely N-dealkylation sites (tertiary alicyclic amines) is 1. The summed E-state index contributed by atoms with van der Waals surface area (Å²) >= 11 is 0. The summed E-state index contributed by atoms with van der Waals surface area (Å²) in [4.78, 5) is 18.4. The van der Waals surface area contributed by atoms with Gasteiger partial charge >= 0.3 is 0 Å². The summed E-state index contributed by atoms with van der Waals surface area (Å²) in [6.07, 6.45) is 3.81. The van der Waals surface area contributed by atoms with Crippen LogP contribution in [0.5, 0.6) is 0 Å². The number of amides is 1. The van der Waals surface area contributed by atoms with Crippen molar-refractivity contribution in [2.75, 3.05) is 19.6 Å². The molecular weight excluding hydrogens is 360 g/mol. The second-order valence-electron chi connectivity index (χ2n) is 7.45. The van der Waals surface area contributed by atoms with Gasteiger partial charge in [-0.2, -0.15) is 0 Å². The standard InChI is InChI=1S/C24H32N4O/c1-2-25-24(26-16-6-10-20-8-4-3-5-9-20)27-18-21-12-14-22(15-13-21)19-28-17-7-11-23(28)29/h3-5,8-9,12-15H,2,6-7,10-11,16-19H2,1H3,(H2,25,26,27). The predicted octanol–water partition coefficient (Wildman–Crippen LogP) is 3.50. The van der Waals surface area contributed by atoms with E-state index in [2.05, 4.69) is 72.2 Å². The lowest BCUT2D eigenvalue weighted by atomic mass is 10.1. The molecular formula is C24H32N4O. The van der Waals surface area contributed by atoms with Crippen molar-refractivity contribution >= 4 is 11.9 Å². The Balaban J connectivity index is 1.45. The van der Waals surface area contributed by atoms with Crippen LogP contribution in [0.1, 0.15) is 42.9 Å². The van der Waals surface area contributed by atoms with Crippen LogP contribution in [-0.2, 0) is 24.3 Å². The summed E-state index contributed by atoms with van der Waals surface area (Å²) in [6.45, 7) is 6.05. The summed E-state index contributed by atoms with van der Waals surface area (Å²) in [5.41, 5.74) is 3.72. The first kappa shape index (κ1) is 20.9. The summed E-state index contributed by atoms with van der Waals surface area (Å²) in [6, 6.07) is 19.0. The number of rotatable bonds is 9. The molecule has 2 N–H and O–H groups in total. The number of hydrogen-bond donors (Lipinski definition) is 2. The Bertz CT molecular complexity index is 786.